The van der Waals surface area contributed by atoms with Crippen LogP contribution in [0.15, 0.2) is 35.2 Å². The first-order valence-corrected chi connectivity index (χ1v) is 3.31. The molecule has 0 bridgehead atoms. The van der Waals surface area contributed by atoms with Crippen molar-refractivity contribution in [3.05, 3.63) is 30.3 Å². The molecule has 0 heterocycles. The Bertz CT molecular complexity index is 164. The predicted octanol–water partition coefficient (Wildman–Crippen LogP) is 1.26. The van der Waals surface area contributed by atoms with Gasteiger partial charge in [0.15, 0.2) is 4.90 Å². The van der Waals surface area contributed by atoms with E-state index in [-0.39, 0.29) is 0 Å². The lowest BCUT2D eigenvalue weighted by Crippen LogP contribution is -1.82. The van der Waals surface area contributed by atoms with E-state index in [9.17, 15) is 0 Å². The molecule has 48 valence electrons. The lowest BCUT2D eigenvalue weighted by Gasteiger charge is -1.82. The third-order valence-electron chi connectivity index (χ3n) is 0.902. The number of thiol groups is 1. The van der Waals surface area contributed by atoms with Crippen molar-refractivity contribution in [1.29, 1.82) is 0 Å². The van der Waals surface area contributed by atoms with Crippen LogP contribution in [-0.2, 0) is 16.4 Å². The van der Waals surface area contributed by atoms with Crippen LogP contribution in [0.2, 0.25) is 0 Å². The Morgan fingerprint density at radius 2 is 1.89 bits per heavy atom. The van der Waals surface area contributed by atoms with Crippen LogP contribution >= 0.6 is 0 Å². The van der Waals surface area contributed by atoms with Gasteiger partial charge in [-0.3, -0.25) is 0 Å². The third-order valence-corrected chi connectivity index (χ3v) is 1.49. The molecule has 0 atom stereocenters. The van der Waals surface area contributed by atoms with Crippen LogP contribution in [0.25, 0.3) is 0 Å². The van der Waals surface area contributed by atoms with Crippen molar-refractivity contribution in [2.24, 2.45) is 0 Å². The first kappa shape index (κ1) is 6.61. The van der Waals surface area contributed by atoms with Crippen molar-refractivity contribution in [1.82, 2.24) is 0 Å². The van der Waals surface area contributed by atoms with E-state index in [4.69, 9.17) is 5.26 Å². The predicted molar refractivity (Wildman–Crippen MR) is 37.2 cm³/mol. The first-order chi connectivity index (χ1) is 4.43. The van der Waals surface area contributed by atoms with Crippen LogP contribution < -0.4 is 0 Å². The lowest BCUT2D eigenvalue weighted by atomic mass is 10.4. The zero-order chi connectivity index (χ0) is 6.53. The summed E-state index contributed by atoms with van der Waals surface area (Å²) in [5, 5.41) is 8.01. The highest BCUT2D eigenvalue weighted by Crippen LogP contribution is 2.00. The van der Waals surface area contributed by atoms with Crippen molar-refractivity contribution in [2.75, 3.05) is 0 Å². The lowest BCUT2D eigenvalue weighted by molar-refractivity contribution is -0.118. The zero-order valence-electron chi connectivity index (χ0n) is 4.69. The molecule has 1 rings (SSSR count). The van der Waals surface area contributed by atoms with Crippen molar-refractivity contribution in [3.8, 4) is 0 Å². The molecule has 0 saturated heterocycles. The fourth-order valence-electron chi connectivity index (χ4n) is 0.536. The van der Waals surface area contributed by atoms with Gasteiger partial charge < -0.3 is 0 Å². The maximum Gasteiger partial charge on any atom is 0.210 e. The summed E-state index contributed by atoms with van der Waals surface area (Å²) in [7, 11) is 0. The fraction of sp³-hybridized carbons (Fsp3) is 0. The van der Waals surface area contributed by atoms with Gasteiger partial charge in [0.1, 0.15) is 0 Å². The monoisotopic (exact) mass is 143 g/mol. The summed E-state index contributed by atoms with van der Waals surface area (Å²) in [5.41, 5.74) is 0. The molecular formula is C6H7O2S+. The summed E-state index contributed by atoms with van der Waals surface area (Å²) in [6, 6.07) is 9.44. The second kappa shape index (κ2) is 3.50. The molecule has 0 aliphatic rings. The highest BCUT2D eigenvalue weighted by atomic mass is 32.2. The molecule has 0 unspecified atom stereocenters. The molecule has 0 spiro atoms. The SMILES string of the molecule is OO[SH+]c1ccccc1. The minimum Gasteiger partial charge on any atom is -0.204 e. The highest BCUT2D eigenvalue weighted by Gasteiger charge is 1.98. The molecule has 3 heteroatoms. The van der Waals surface area contributed by atoms with Gasteiger partial charge in [-0.05, 0) is 16.5 Å². The Labute approximate surface area is 57.6 Å². The summed E-state index contributed by atoms with van der Waals surface area (Å²) in [6.07, 6.45) is 0. The molecule has 1 aromatic carbocycles. The van der Waals surface area contributed by atoms with E-state index < -0.39 is 0 Å². The first-order valence-electron chi connectivity index (χ1n) is 2.50. The second-order valence-electron chi connectivity index (χ2n) is 1.51. The molecule has 0 aliphatic carbocycles. The molecule has 0 aliphatic heterocycles. The fourth-order valence-corrected chi connectivity index (χ4v) is 0.924. The molecule has 0 fully saturated rings. The highest BCUT2D eigenvalue weighted by molar-refractivity contribution is 7.73. The van der Waals surface area contributed by atoms with E-state index in [0.29, 0.717) is 12.0 Å². The van der Waals surface area contributed by atoms with E-state index in [1.165, 1.54) is 0 Å². The second-order valence-corrected chi connectivity index (χ2v) is 2.37. The summed E-state index contributed by atoms with van der Waals surface area (Å²) in [5.74, 6) is 0. The summed E-state index contributed by atoms with van der Waals surface area (Å²) < 4.78 is 3.90. The Morgan fingerprint density at radius 1 is 1.22 bits per heavy atom. The van der Waals surface area contributed by atoms with Crippen LogP contribution in [0.3, 0.4) is 0 Å². The molecule has 0 amide bonds. The largest absolute Gasteiger partial charge is 0.210 e. The van der Waals surface area contributed by atoms with Gasteiger partial charge in [0, 0.05) is 0 Å². The Balaban J connectivity index is 2.61. The van der Waals surface area contributed by atoms with Gasteiger partial charge in [-0.15, -0.1) is 0 Å². The number of rotatable bonds is 2. The summed E-state index contributed by atoms with van der Waals surface area (Å²) in [4.78, 5) is 0.944. The number of hydrogen-bond acceptors (Lipinski definition) is 2. The molecule has 0 radical (unpaired) electrons. The van der Waals surface area contributed by atoms with Gasteiger partial charge in [-0.25, -0.2) is 5.26 Å². The Hall–Kier alpha value is -0.510. The quantitative estimate of drug-likeness (QED) is 0.292. The Morgan fingerprint density at radius 3 is 2.44 bits per heavy atom. The van der Waals surface area contributed by atoms with E-state index in [2.05, 4.69) is 4.33 Å². The van der Waals surface area contributed by atoms with Crippen molar-refractivity contribution < 1.29 is 9.59 Å². The van der Waals surface area contributed by atoms with Crippen LogP contribution in [0.5, 0.6) is 0 Å². The standard InChI is InChI=1S/C6H6O2S/c7-8-9-6-4-2-1-3-5-6/h1-5,7H/p+1. The molecule has 2 nitrogen and oxygen atoms in total. The van der Waals surface area contributed by atoms with E-state index in [1.807, 2.05) is 30.3 Å². The van der Waals surface area contributed by atoms with Crippen molar-refractivity contribution in [3.63, 3.8) is 0 Å². The molecule has 0 aromatic heterocycles. The smallest absolute Gasteiger partial charge is 0.204 e. The van der Waals surface area contributed by atoms with E-state index >= 15 is 0 Å². The van der Waals surface area contributed by atoms with Crippen LogP contribution in [-0.4, -0.2) is 5.26 Å². The van der Waals surface area contributed by atoms with Gasteiger partial charge in [0.2, 0.25) is 12.0 Å². The number of hydrogen-bond donors (Lipinski definition) is 1. The van der Waals surface area contributed by atoms with Crippen molar-refractivity contribution >= 4 is 12.0 Å². The van der Waals surface area contributed by atoms with Gasteiger partial charge in [-0.2, -0.15) is 0 Å². The zero-order valence-corrected chi connectivity index (χ0v) is 5.58. The molecular weight excluding hydrogens is 136 g/mol. The van der Waals surface area contributed by atoms with Crippen molar-refractivity contribution in [2.45, 2.75) is 4.90 Å². The molecule has 1 N–H and O–H groups in total. The minimum absolute atomic E-state index is 0.487. The van der Waals surface area contributed by atoms with Crippen LogP contribution in [0.4, 0.5) is 0 Å². The molecule has 0 saturated carbocycles. The maximum atomic E-state index is 8.01. The third kappa shape index (κ3) is 2.05. The van der Waals surface area contributed by atoms with Gasteiger partial charge in [0.05, 0.1) is 0 Å². The molecule has 1 aromatic rings. The van der Waals surface area contributed by atoms with Gasteiger partial charge in [-0.1, -0.05) is 18.2 Å². The van der Waals surface area contributed by atoms with Gasteiger partial charge >= 0.3 is 0 Å². The van der Waals surface area contributed by atoms with Gasteiger partial charge in [0.25, 0.3) is 0 Å². The summed E-state index contributed by atoms with van der Waals surface area (Å²) >= 11 is 0.487. The molecule has 9 heavy (non-hydrogen) atoms. The van der Waals surface area contributed by atoms with E-state index in [0.717, 1.165) is 4.90 Å². The summed E-state index contributed by atoms with van der Waals surface area (Å²) in [6.45, 7) is 0. The van der Waals surface area contributed by atoms with Crippen LogP contribution in [0, 0.1) is 0 Å². The topological polar surface area (TPSA) is 29.5 Å². The normalized spacial score (nSPS) is 9.44. The average molecular weight is 143 g/mol. The Kier molecular flexibility index (Phi) is 2.57. The van der Waals surface area contributed by atoms with Crippen LogP contribution in [0.1, 0.15) is 0 Å². The average Bonchev–Trinajstić information content (AvgIpc) is 1.91. The van der Waals surface area contributed by atoms with E-state index in [1.54, 1.807) is 0 Å². The number of benzene rings is 1. The minimum atomic E-state index is 0.487. The maximum absolute atomic E-state index is 8.01.